The van der Waals surface area contributed by atoms with Crippen molar-refractivity contribution in [3.63, 3.8) is 0 Å². The van der Waals surface area contributed by atoms with Gasteiger partial charge in [-0.05, 0) is 38.0 Å². The van der Waals surface area contributed by atoms with Crippen molar-refractivity contribution in [2.75, 3.05) is 11.9 Å². The van der Waals surface area contributed by atoms with Gasteiger partial charge in [0.25, 0.3) is 5.91 Å². The highest BCUT2D eigenvalue weighted by molar-refractivity contribution is 5.94. The van der Waals surface area contributed by atoms with Gasteiger partial charge in [0.05, 0.1) is 5.56 Å². The molecule has 0 fully saturated rings. The average Bonchev–Trinajstić information content (AvgIpc) is 2.49. The van der Waals surface area contributed by atoms with E-state index in [4.69, 9.17) is 0 Å². The van der Waals surface area contributed by atoms with Crippen LogP contribution in [0.3, 0.4) is 0 Å². The number of nitrogens with zero attached hydrogens (tertiary/aromatic N) is 1. The fourth-order valence-electron chi connectivity index (χ4n) is 2.14. The Balaban J connectivity index is 1.91. The Morgan fingerprint density at radius 1 is 1.19 bits per heavy atom. The SMILES string of the molecule is CCNc1ccc(C(=O)NC(C)Cc2ccccc2)cn1. The highest BCUT2D eigenvalue weighted by Gasteiger charge is 2.10. The van der Waals surface area contributed by atoms with Gasteiger partial charge in [-0.3, -0.25) is 4.79 Å². The summed E-state index contributed by atoms with van der Waals surface area (Å²) in [6.45, 7) is 4.82. The fraction of sp³-hybridized carbons (Fsp3) is 0.294. The molecule has 0 radical (unpaired) electrons. The molecule has 1 amide bonds. The number of amides is 1. The molecule has 2 aromatic rings. The van der Waals surface area contributed by atoms with E-state index in [2.05, 4.69) is 27.8 Å². The van der Waals surface area contributed by atoms with Crippen LogP contribution in [-0.4, -0.2) is 23.5 Å². The molecule has 2 N–H and O–H groups in total. The first-order valence-corrected chi connectivity index (χ1v) is 7.23. The normalized spacial score (nSPS) is 11.7. The van der Waals surface area contributed by atoms with Gasteiger partial charge in [-0.25, -0.2) is 4.98 Å². The molecule has 1 unspecified atom stereocenters. The minimum atomic E-state index is -0.0889. The third kappa shape index (κ3) is 4.60. The molecule has 0 spiro atoms. The molecule has 1 aromatic carbocycles. The van der Waals surface area contributed by atoms with Crippen LogP contribution in [0.5, 0.6) is 0 Å². The zero-order valence-electron chi connectivity index (χ0n) is 12.5. The van der Waals surface area contributed by atoms with Gasteiger partial charge in [-0.1, -0.05) is 30.3 Å². The summed E-state index contributed by atoms with van der Waals surface area (Å²) in [6.07, 6.45) is 2.41. The van der Waals surface area contributed by atoms with Crippen LogP contribution in [0.15, 0.2) is 48.7 Å². The van der Waals surface area contributed by atoms with E-state index in [1.165, 1.54) is 5.56 Å². The molecule has 0 aliphatic rings. The minimum Gasteiger partial charge on any atom is -0.370 e. The number of anilines is 1. The van der Waals surface area contributed by atoms with Gasteiger partial charge in [0.2, 0.25) is 0 Å². The minimum absolute atomic E-state index is 0.0772. The smallest absolute Gasteiger partial charge is 0.253 e. The molecular weight excluding hydrogens is 262 g/mol. The second-order valence-corrected chi connectivity index (χ2v) is 5.03. The van der Waals surface area contributed by atoms with Crippen molar-refractivity contribution in [2.24, 2.45) is 0 Å². The molecule has 0 saturated carbocycles. The first-order valence-electron chi connectivity index (χ1n) is 7.23. The van der Waals surface area contributed by atoms with E-state index < -0.39 is 0 Å². The van der Waals surface area contributed by atoms with Gasteiger partial charge in [0.15, 0.2) is 0 Å². The van der Waals surface area contributed by atoms with Crippen LogP contribution in [0.2, 0.25) is 0 Å². The maximum Gasteiger partial charge on any atom is 0.253 e. The lowest BCUT2D eigenvalue weighted by Crippen LogP contribution is -2.34. The number of carbonyl (C=O) groups excluding carboxylic acids is 1. The summed E-state index contributed by atoms with van der Waals surface area (Å²) in [5.74, 6) is 0.695. The predicted molar refractivity (Wildman–Crippen MR) is 85.5 cm³/mol. The standard InChI is InChI=1S/C17H21N3O/c1-3-18-16-10-9-15(12-19-16)17(21)20-13(2)11-14-7-5-4-6-8-14/h4-10,12-13H,3,11H2,1-2H3,(H,18,19)(H,20,21). The second-order valence-electron chi connectivity index (χ2n) is 5.03. The topological polar surface area (TPSA) is 54.0 Å². The van der Waals surface area contributed by atoms with Gasteiger partial charge in [-0.15, -0.1) is 0 Å². The first kappa shape index (κ1) is 15.0. The van der Waals surface area contributed by atoms with E-state index in [1.54, 1.807) is 12.3 Å². The van der Waals surface area contributed by atoms with Crippen LogP contribution in [0.25, 0.3) is 0 Å². The van der Waals surface area contributed by atoms with Crippen molar-refractivity contribution < 1.29 is 4.79 Å². The van der Waals surface area contributed by atoms with E-state index >= 15 is 0 Å². The molecule has 0 bridgehead atoms. The summed E-state index contributed by atoms with van der Waals surface area (Å²) in [4.78, 5) is 16.4. The fourth-order valence-corrected chi connectivity index (χ4v) is 2.14. The molecule has 110 valence electrons. The van der Waals surface area contributed by atoms with Crippen molar-refractivity contribution in [1.29, 1.82) is 0 Å². The van der Waals surface area contributed by atoms with E-state index in [1.807, 2.05) is 38.1 Å². The molecule has 1 aromatic heterocycles. The zero-order valence-corrected chi connectivity index (χ0v) is 12.5. The van der Waals surface area contributed by atoms with Crippen LogP contribution in [-0.2, 0) is 6.42 Å². The Bertz CT molecular complexity index is 566. The Morgan fingerprint density at radius 3 is 2.57 bits per heavy atom. The maximum atomic E-state index is 12.1. The zero-order chi connectivity index (χ0) is 15.1. The van der Waals surface area contributed by atoms with Gasteiger partial charge >= 0.3 is 0 Å². The Hall–Kier alpha value is -2.36. The van der Waals surface area contributed by atoms with Crippen LogP contribution in [0, 0.1) is 0 Å². The summed E-state index contributed by atoms with van der Waals surface area (Å²) < 4.78 is 0. The number of carbonyl (C=O) groups is 1. The number of benzene rings is 1. The number of nitrogens with one attached hydrogen (secondary N) is 2. The van der Waals surface area contributed by atoms with Gasteiger partial charge < -0.3 is 10.6 Å². The van der Waals surface area contributed by atoms with E-state index in [9.17, 15) is 4.79 Å². The molecule has 4 heteroatoms. The van der Waals surface area contributed by atoms with E-state index in [0.717, 1.165) is 18.8 Å². The summed E-state index contributed by atoms with van der Waals surface area (Å²) in [7, 11) is 0. The third-order valence-electron chi connectivity index (χ3n) is 3.15. The van der Waals surface area contributed by atoms with Gasteiger partial charge in [0, 0.05) is 18.8 Å². The summed E-state index contributed by atoms with van der Waals surface area (Å²) in [5, 5.41) is 6.10. The van der Waals surface area contributed by atoms with E-state index in [-0.39, 0.29) is 11.9 Å². The lowest BCUT2D eigenvalue weighted by atomic mass is 10.1. The third-order valence-corrected chi connectivity index (χ3v) is 3.15. The molecule has 1 atom stereocenters. The molecule has 1 heterocycles. The quantitative estimate of drug-likeness (QED) is 0.857. The van der Waals surface area contributed by atoms with Crippen LogP contribution < -0.4 is 10.6 Å². The Kier molecular flexibility index (Phi) is 5.32. The van der Waals surface area contributed by atoms with Crippen molar-refractivity contribution in [2.45, 2.75) is 26.3 Å². The molecule has 0 aliphatic heterocycles. The summed E-state index contributed by atoms with van der Waals surface area (Å²) in [6, 6.07) is 13.8. The number of pyridine rings is 1. The highest BCUT2D eigenvalue weighted by Crippen LogP contribution is 2.07. The monoisotopic (exact) mass is 283 g/mol. The van der Waals surface area contributed by atoms with Crippen LogP contribution in [0.4, 0.5) is 5.82 Å². The number of rotatable bonds is 6. The molecular formula is C17H21N3O. The van der Waals surface area contributed by atoms with Crippen molar-refractivity contribution >= 4 is 11.7 Å². The van der Waals surface area contributed by atoms with Crippen molar-refractivity contribution in [3.05, 3.63) is 59.8 Å². The molecule has 0 aliphatic carbocycles. The van der Waals surface area contributed by atoms with Crippen molar-refractivity contribution in [3.8, 4) is 0 Å². The lowest BCUT2D eigenvalue weighted by molar-refractivity contribution is 0.0940. The van der Waals surface area contributed by atoms with Crippen LogP contribution in [0.1, 0.15) is 29.8 Å². The number of aromatic nitrogens is 1. The summed E-state index contributed by atoms with van der Waals surface area (Å²) >= 11 is 0. The molecule has 0 saturated heterocycles. The Morgan fingerprint density at radius 2 is 1.95 bits per heavy atom. The van der Waals surface area contributed by atoms with Crippen molar-refractivity contribution in [1.82, 2.24) is 10.3 Å². The largest absolute Gasteiger partial charge is 0.370 e. The van der Waals surface area contributed by atoms with Crippen LogP contribution >= 0.6 is 0 Å². The predicted octanol–water partition coefficient (Wildman–Crippen LogP) is 2.87. The first-order chi connectivity index (χ1) is 10.2. The average molecular weight is 283 g/mol. The second kappa shape index (κ2) is 7.43. The molecule has 4 nitrogen and oxygen atoms in total. The highest BCUT2D eigenvalue weighted by atomic mass is 16.1. The lowest BCUT2D eigenvalue weighted by Gasteiger charge is -2.14. The number of hydrogen-bond acceptors (Lipinski definition) is 3. The Labute approximate surface area is 125 Å². The molecule has 21 heavy (non-hydrogen) atoms. The van der Waals surface area contributed by atoms with Gasteiger partial charge in [-0.2, -0.15) is 0 Å². The number of hydrogen-bond donors (Lipinski definition) is 2. The maximum absolute atomic E-state index is 12.1. The summed E-state index contributed by atoms with van der Waals surface area (Å²) in [5.41, 5.74) is 1.79. The van der Waals surface area contributed by atoms with Gasteiger partial charge in [0.1, 0.15) is 5.82 Å². The molecule has 2 rings (SSSR count). The van der Waals surface area contributed by atoms with E-state index in [0.29, 0.717) is 5.56 Å².